The molecule has 0 aromatic heterocycles. The summed E-state index contributed by atoms with van der Waals surface area (Å²) in [5.74, 6) is 0. The van der Waals surface area contributed by atoms with E-state index in [0.29, 0.717) is 0 Å². The molecule has 2 aliphatic carbocycles. The highest BCUT2D eigenvalue weighted by Crippen LogP contribution is 2.59. The number of nitrogens with zero attached hydrogens (tertiary/aromatic N) is 1. The highest BCUT2D eigenvalue weighted by molar-refractivity contribution is 6.09. The SMILES string of the molecule is CC1(C)c2ccccc2-c2c(N(c3ccc4c(c3)C(c3ccccc3)(c3ccccc3)c3ccccc3-4)c3ccc4c(ccc5ccccc54)c3)cccc21. The van der Waals surface area contributed by atoms with Gasteiger partial charge in [-0.1, -0.05) is 184 Å². The lowest BCUT2D eigenvalue weighted by atomic mass is 9.67. The molecule has 260 valence electrons. The maximum Gasteiger partial charge on any atom is 0.0714 e. The summed E-state index contributed by atoms with van der Waals surface area (Å²) >= 11 is 0. The van der Waals surface area contributed by atoms with Crippen LogP contribution < -0.4 is 4.90 Å². The highest BCUT2D eigenvalue weighted by atomic mass is 15.1. The largest absolute Gasteiger partial charge is 0.310 e. The van der Waals surface area contributed by atoms with Crippen molar-refractivity contribution in [3.63, 3.8) is 0 Å². The van der Waals surface area contributed by atoms with Crippen LogP contribution in [-0.2, 0) is 10.8 Å². The van der Waals surface area contributed by atoms with E-state index in [0.717, 1.165) is 11.4 Å². The van der Waals surface area contributed by atoms with E-state index in [2.05, 4.69) is 219 Å². The van der Waals surface area contributed by atoms with Gasteiger partial charge in [0.25, 0.3) is 0 Å². The first-order valence-electron chi connectivity index (χ1n) is 19.4. The van der Waals surface area contributed by atoms with Crippen LogP contribution in [0, 0.1) is 0 Å². The summed E-state index contributed by atoms with van der Waals surface area (Å²) in [4.78, 5) is 2.52. The van der Waals surface area contributed by atoms with Crippen molar-refractivity contribution in [3.05, 3.63) is 234 Å². The lowest BCUT2D eigenvalue weighted by Gasteiger charge is -2.35. The second kappa shape index (κ2) is 11.9. The molecule has 9 aromatic carbocycles. The molecule has 0 spiro atoms. The van der Waals surface area contributed by atoms with Crippen molar-refractivity contribution in [1.82, 2.24) is 0 Å². The van der Waals surface area contributed by atoms with Crippen molar-refractivity contribution in [2.24, 2.45) is 0 Å². The minimum absolute atomic E-state index is 0.120. The molecular formula is C54H39N. The normalized spacial score (nSPS) is 14.3. The summed E-state index contributed by atoms with van der Waals surface area (Å²) < 4.78 is 0. The van der Waals surface area contributed by atoms with Crippen molar-refractivity contribution in [2.75, 3.05) is 4.90 Å². The van der Waals surface area contributed by atoms with Crippen molar-refractivity contribution >= 4 is 38.6 Å². The first-order valence-corrected chi connectivity index (χ1v) is 19.4. The van der Waals surface area contributed by atoms with Gasteiger partial charge in [0.15, 0.2) is 0 Å². The summed E-state index contributed by atoms with van der Waals surface area (Å²) in [5, 5.41) is 5.03. The third-order valence-corrected chi connectivity index (χ3v) is 12.5. The van der Waals surface area contributed by atoms with E-state index in [1.165, 1.54) is 82.9 Å². The van der Waals surface area contributed by atoms with E-state index in [1.807, 2.05) is 0 Å². The van der Waals surface area contributed by atoms with E-state index in [1.54, 1.807) is 0 Å². The van der Waals surface area contributed by atoms with Crippen LogP contribution in [0.25, 0.3) is 43.8 Å². The maximum absolute atomic E-state index is 2.52. The highest BCUT2D eigenvalue weighted by Gasteiger charge is 2.46. The number of rotatable bonds is 5. The zero-order valence-electron chi connectivity index (χ0n) is 31.0. The van der Waals surface area contributed by atoms with E-state index >= 15 is 0 Å². The van der Waals surface area contributed by atoms with Crippen molar-refractivity contribution in [3.8, 4) is 22.3 Å². The number of anilines is 3. The minimum atomic E-state index is -0.494. The third-order valence-electron chi connectivity index (χ3n) is 12.5. The molecule has 11 rings (SSSR count). The first kappa shape index (κ1) is 31.8. The fourth-order valence-corrected chi connectivity index (χ4v) is 10.1. The second-order valence-corrected chi connectivity index (χ2v) is 15.7. The third kappa shape index (κ3) is 4.47. The monoisotopic (exact) mass is 701 g/mol. The molecular weight excluding hydrogens is 663 g/mol. The summed E-state index contributed by atoms with van der Waals surface area (Å²) in [5.41, 5.74) is 15.9. The smallest absolute Gasteiger partial charge is 0.0714 e. The Labute approximate surface area is 322 Å². The molecule has 55 heavy (non-hydrogen) atoms. The van der Waals surface area contributed by atoms with Crippen molar-refractivity contribution in [1.29, 1.82) is 0 Å². The van der Waals surface area contributed by atoms with Crippen LogP contribution in [0.15, 0.2) is 200 Å². The van der Waals surface area contributed by atoms with Crippen LogP contribution in [-0.4, -0.2) is 0 Å². The number of benzene rings is 9. The van der Waals surface area contributed by atoms with Gasteiger partial charge in [0.2, 0.25) is 0 Å². The first-order chi connectivity index (χ1) is 27.0. The molecule has 0 saturated carbocycles. The Bertz CT molecular complexity index is 2920. The lowest BCUT2D eigenvalue weighted by molar-refractivity contribution is 0.660. The standard InChI is InChI=1S/C54H39N/c1-53(2)47-24-13-12-23-46(47)52-49(53)26-15-27-51(52)55(40-30-32-43-37(34-40)29-28-36-16-9-10-21-42(36)43)41-31-33-45-44-22-11-14-25-48(44)54(50(45)35-41,38-17-5-3-6-18-38)39-19-7-4-8-20-39/h3-35H,1-2H3. The van der Waals surface area contributed by atoms with Crippen molar-refractivity contribution in [2.45, 2.75) is 24.7 Å². The fraction of sp³-hybridized carbons (Fsp3) is 0.0741. The molecule has 1 nitrogen and oxygen atoms in total. The van der Waals surface area contributed by atoms with Crippen LogP contribution in [0.4, 0.5) is 17.1 Å². The molecule has 2 aliphatic rings. The van der Waals surface area contributed by atoms with Gasteiger partial charge in [-0.15, -0.1) is 0 Å². The molecule has 0 fully saturated rings. The van der Waals surface area contributed by atoms with Gasteiger partial charge in [0.05, 0.1) is 11.1 Å². The van der Waals surface area contributed by atoms with Crippen LogP contribution >= 0.6 is 0 Å². The Morgan fingerprint density at radius 3 is 1.71 bits per heavy atom. The number of hydrogen-bond donors (Lipinski definition) is 0. The van der Waals surface area contributed by atoms with E-state index in [4.69, 9.17) is 0 Å². The Morgan fingerprint density at radius 1 is 0.364 bits per heavy atom. The van der Waals surface area contributed by atoms with Gasteiger partial charge in [0.1, 0.15) is 0 Å². The summed E-state index contributed by atoms with van der Waals surface area (Å²) in [6.07, 6.45) is 0. The molecule has 0 saturated heterocycles. The molecule has 0 aliphatic heterocycles. The maximum atomic E-state index is 2.52. The Hall–Kier alpha value is -6.70. The quantitative estimate of drug-likeness (QED) is 0.162. The van der Waals surface area contributed by atoms with E-state index in [9.17, 15) is 0 Å². The van der Waals surface area contributed by atoms with Crippen LogP contribution in [0.2, 0.25) is 0 Å². The summed E-state index contributed by atoms with van der Waals surface area (Å²) in [6, 6.07) is 74.6. The fourth-order valence-electron chi connectivity index (χ4n) is 10.1. The minimum Gasteiger partial charge on any atom is -0.310 e. The predicted octanol–water partition coefficient (Wildman–Crippen LogP) is 14.1. The van der Waals surface area contributed by atoms with Crippen LogP contribution in [0.1, 0.15) is 47.2 Å². The van der Waals surface area contributed by atoms with E-state index < -0.39 is 5.41 Å². The Morgan fingerprint density at radius 2 is 0.927 bits per heavy atom. The molecule has 0 radical (unpaired) electrons. The molecule has 0 heterocycles. The van der Waals surface area contributed by atoms with Gasteiger partial charge in [0, 0.05) is 22.4 Å². The zero-order valence-corrected chi connectivity index (χ0v) is 31.0. The average molecular weight is 702 g/mol. The van der Waals surface area contributed by atoms with Gasteiger partial charge in [-0.25, -0.2) is 0 Å². The van der Waals surface area contributed by atoms with Crippen LogP contribution in [0.3, 0.4) is 0 Å². The molecule has 9 aromatic rings. The second-order valence-electron chi connectivity index (χ2n) is 15.7. The Kier molecular flexibility index (Phi) is 6.88. The number of hydrogen-bond acceptors (Lipinski definition) is 1. The molecule has 0 bridgehead atoms. The van der Waals surface area contributed by atoms with Gasteiger partial charge in [-0.2, -0.15) is 0 Å². The van der Waals surface area contributed by atoms with Gasteiger partial charge in [-0.3, -0.25) is 0 Å². The number of fused-ring (bicyclic) bond motifs is 9. The lowest BCUT2D eigenvalue weighted by Crippen LogP contribution is -2.28. The predicted molar refractivity (Wildman–Crippen MR) is 231 cm³/mol. The van der Waals surface area contributed by atoms with Gasteiger partial charge >= 0.3 is 0 Å². The Balaban J connectivity index is 1.22. The molecule has 0 unspecified atom stereocenters. The molecule has 0 atom stereocenters. The molecule has 0 amide bonds. The van der Waals surface area contributed by atoms with Crippen molar-refractivity contribution < 1.29 is 0 Å². The molecule has 1 heteroatoms. The summed E-state index contributed by atoms with van der Waals surface area (Å²) in [6.45, 7) is 4.74. The van der Waals surface area contributed by atoms with Gasteiger partial charge < -0.3 is 4.90 Å². The van der Waals surface area contributed by atoms with E-state index in [-0.39, 0.29) is 5.41 Å². The van der Waals surface area contributed by atoms with Gasteiger partial charge in [-0.05, 0) is 102 Å². The average Bonchev–Trinajstić information content (AvgIpc) is 3.67. The topological polar surface area (TPSA) is 3.24 Å². The molecule has 0 N–H and O–H groups in total. The summed E-state index contributed by atoms with van der Waals surface area (Å²) in [7, 11) is 0. The van der Waals surface area contributed by atoms with Crippen LogP contribution in [0.5, 0.6) is 0 Å². The zero-order chi connectivity index (χ0) is 36.7.